The Morgan fingerprint density at radius 2 is 1.50 bits per heavy atom. The van der Waals surface area contributed by atoms with Crippen LogP contribution in [-0.4, -0.2) is 4.75 Å². The third kappa shape index (κ3) is 6.62. The van der Waals surface area contributed by atoms with Gasteiger partial charge in [0, 0.05) is 4.75 Å². The Balaban J connectivity index is 4.24. The largest absolute Gasteiger partial charge is 0.128 e. The van der Waals surface area contributed by atoms with Gasteiger partial charge in [0.05, 0.1) is 0 Å². The molecule has 0 saturated heterocycles. The van der Waals surface area contributed by atoms with Gasteiger partial charge in [-0.2, -0.15) is 0 Å². The maximum Gasteiger partial charge on any atom is 0.0170 e. The molecule has 0 aliphatic carbocycles. The van der Waals surface area contributed by atoms with Crippen LogP contribution in [0.4, 0.5) is 0 Å². The maximum atomic E-state index is 2.39. The molecule has 0 rings (SSSR count). The zero-order valence-corrected chi connectivity index (χ0v) is 12.9. The number of allylic oxidation sites excluding steroid dienone is 1. The Bertz CT molecular complexity index is 205. The predicted octanol–water partition coefficient (Wildman–Crippen LogP) is 6.03. The molecule has 0 N–H and O–H groups in total. The number of hydrogen-bond acceptors (Lipinski definition) is 1. The Labute approximate surface area is 107 Å². The molecular formula is C15H30S. The van der Waals surface area contributed by atoms with Gasteiger partial charge in [0.25, 0.3) is 0 Å². The smallest absolute Gasteiger partial charge is 0.0170 e. The molecule has 0 nitrogen and oxygen atoms in total. The van der Waals surface area contributed by atoms with Crippen molar-refractivity contribution in [3.63, 3.8) is 0 Å². The minimum atomic E-state index is 0.364. The van der Waals surface area contributed by atoms with Crippen LogP contribution in [-0.2, 0) is 0 Å². The van der Waals surface area contributed by atoms with Gasteiger partial charge in [-0.05, 0) is 30.1 Å². The van der Waals surface area contributed by atoms with Crippen molar-refractivity contribution < 1.29 is 0 Å². The van der Waals surface area contributed by atoms with Crippen LogP contribution < -0.4 is 0 Å². The molecule has 0 aromatic rings. The number of hydrogen-bond donors (Lipinski definition) is 0. The summed E-state index contributed by atoms with van der Waals surface area (Å²) in [6.07, 6.45) is 8.79. The average molecular weight is 242 g/mol. The van der Waals surface area contributed by atoms with Crippen LogP contribution in [0.1, 0.15) is 73.6 Å². The second-order valence-electron chi connectivity index (χ2n) is 5.71. The Hall–Kier alpha value is 0.0900. The summed E-state index contributed by atoms with van der Waals surface area (Å²) in [5.74, 6) is 0. The maximum absolute atomic E-state index is 2.39. The van der Waals surface area contributed by atoms with Gasteiger partial charge in [0.2, 0.25) is 0 Å². The van der Waals surface area contributed by atoms with Crippen LogP contribution in [0.2, 0.25) is 0 Å². The molecule has 1 atom stereocenters. The van der Waals surface area contributed by atoms with E-state index in [0.29, 0.717) is 10.2 Å². The second kappa shape index (κ2) is 7.42. The van der Waals surface area contributed by atoms with Crippen molar-refractivity contribution in [3.8, 4) is 0 Å². The first kappa shape index (κ1) is 16.1. The van der Waals surface area contributed by atoms with Crippen molar-refractivity contribution >= 4 is 11.8 Å². The normalized spacial score (nSPS) is 16.6. The molecule has 0 amide bonds. The minimum absolute atomic E-state index is 0.364. The predicted molar refractivity (Wildman–Crippen MR) is 79.0 cm³/mol. The van der Waals surface area contributed by atoms with Crippen molar-refractivity contribution in [1.29, 1.82) is 0 Å². The van der Waals surface area contributed by atoms with E-state index >= 15 is 0 Å². The van der Waals surface area contributed by atoms with E-state index in [1.807, 2.05) is 11.8 Å². The van der Waals surface area contributed by atoms with Gasteiger partial charge in [-0.25, -0.2) is 0 Å². The average Bonchev–Trinajstić information content (AvgIpc) is 2.17. The minimum Gasteiger partial charge on any atom is -0.128 e. The van der Waals surface area contributed by atoms with E-state index in [0.717, 1.165) is 0 Å². The highest BCUT2D eigenvalue weighted by molar-refractivity contribution is 8.03. The van der Waals surface area contributed by atoms with Gasteiger partial charge < -0.3 is 0 Å². The fourth-order valence-corrected chi connectivity index (χ4v) is 3.21. The third-order valence-corrected chi connectivity index (χ3v) is 4.63. The fraction of sp³-hybridized carbons (Fsp3) is 0.867. The third-order valence-electron chi connectivity index (χ3n) is 3.29. The van der Waals surface area contributed by atoms with Gasteiger partial charge in [-0.3, -0.25) is 0 Å². The van der Waals surface area contributed by atoms with E-state index in [1.54, 1.807) is 0 Å². The molecule has 1 heteroatoms. The Kier molecular flexibility index (Phi) is 7.46. The molecule has 0 saturated carbocycles. The first-order chi connectivity index (χ1) is 7.39. The van der Waals surface area contributed by atoms with Gasteiger partial charge in [0.1, 0.15) is 0 Å². The van der Waals surface area contributed by atoms with Crippen molar-refractivity contribution in [2.45, 2.75) is 78.4 Å². The van der Waals surface area contributed by atoms with E-state index in [2.05, 4.69) is 53.0 Å². The molecule has 0 radical (unpaired) electrons. The van der Waals surface area contributed by atoms with Gasteiger partial charge >= 0.3 is 0 Å². The molecule has 96 valence electrons. The molecule has 1 unspecified atom stereocenters. The standard InChI is InChI=1S/C15H30S/c1-7-10-14(4,5)12-13-16-15(6,9-3)11-8-2/h12-13H,7-11H2,1-6H3/b13-12-. The number of rotatable bonds is 8. The highest BCUT2D eigenvalue weighted by Crippen LogP contribution is 2.35. The summed E-state index contributed by atoms with van der Waals surface area (Å²) in [7, 11) is 0. The van der Waals surface area contributed by atoms with Crippen molar-refractivity contribution in [1.82, 2.24) is 0 Å². The van der Waals surface area contributed by atoms with Crippen LogP contribution in [0.3, 0.4) is 0 Å². The SMILES string of the molecule is CCCC(C)(C)/C=C\SC(C)(CC)CCC. The lowest BCUT2D eigenvalue weighted by molar-refractivity contribution is 0.432. The van der Waals surface area contributed by atoms with E-state index in [4.69, 9.17) is 0 Å². The molecular weight excluding hydrogens is 212 g/mol. The Morgan fingerprint density at radius 3 is 1.94 bits per heavy atom. The molecule has 0 spiro atoms. The molecule has 0 heterocycles. The summed E-state index contributed by atoms with van der Waals surface area (Å²) in [5.41, 5.74) is 0.364. The van der Waals surface area contributed by atoms with Gasteiger partial charge in [-0.15, -0.1) is 11.8 Å². The van der Waals surface area contributed by atoms with Gasteiger partial charge in [-0.1, -0.05) is 60.5 Å². The molecule has 0 bridgehead atoms. The van der Waals surface area contributed by atoms with Crippen LogP contribution in [0, 0.1) is 5.41 Å². The lowest BCUT2D eigenvalue weighted by atomic mass is 9.89. The molecule has 0 fully saturated rings. The number of thioether (sulfide) groups is 1. The summed E-state index contributed by atoms with van der Waals surface area (Å²) in [6.45, 7) is 13.9. The summed E-state index contributed by atoms with van der Waals surface area (Å²) >= 11 is 2.02. The summed E-state index contributed by atoms with van der Waals surface area (Å²) in [5, 5.41) is 2.34. The Morgan fingerprint density at radius 1 is 0.938 bits per heavy atom. The van der Waals surface area contributed by atoms with Crippen LogP contribution >= 0.6 is 11.8 Å². The topological polar surface area (TPSA) is 0 Å². The highest BCUT2D eigenvalue weighted by atomic mass is 32.2. The highest BCUT2D eigenvalue weighted by Gasteiger charge is 2.20. The van der Waals surface area contributed by atoms with E-state index in [9.17, 15) is 0 Å². The summed E-state index contributed by atoms with van der Waals surface area (Å²) in [6, 6.07) is 0. The van der Waals surface area contributed by atoms with Gasteiger partial charge in [0.15, 0.2) is 0 Å². The summed E-state index contributed by atoms with van der Waals surface area (Å²) in [4.78, 5) is 0. The van der Waals surface area contributed by atoms with E-state index in [1.165, 1.54) is 32.1 Å². The first-order valence-electron chi connectivity index (χ1n) is 6.74. The lowest BCUT2D eigenvalue weighted by Crippen LogP contribution is -2.17. The van der Waals surface area contributed by atoms with E-state index in [-0.39, 0.29) is 0 Å². The van der Waals surface area contributed by atoms with E-state index < -0.39 is 0 Å². The van der Waals surface area contributed by atoms with Crippen molar-refractivity contribution in [3.05, 3.63) is 11.5 Å². The van der Waals surface area contributed by atoms with Crippen LogP contribution in [0.25, 0.3) is 0 Å². The van der Waals surface area contributed by atoms with Crippen LogP contribution in [0.15, 0.2) is 11.5 Å². The monoisotopic (exact) mass is 242 g/mol. The molecule has 0 aromatic carbocycles. The fourth-order valence-electron chi connectivity index (χ4n) is 1.96. The second-order valence-corrected chi connectivity index (χ2v) is 7.21. The summed E-state index contributed by atoms with van der Waals surface area (Å²) < 4.78 is 0.438. The zero-order valence-electron chi connectivity index (χ0n) is 12.1. The molecule has 0 aromatic heterocycles. The van der Waals surface area contributed by atoms with Crippen molar-refractivity contribution in [2.75, 3.05) is 0 Å². The first-order valence-corrected chi connectivity index (χ1v) is 7.62. The van der Waals surface area contributed by atoms with Crippen molar-refractivity contribution in [2.24, 2.45) is 5.41 Å². The lowest BCUT2D eigenvalue weighted by Gasteiger charge is -2.26. The zero-order chi connectivity index (χ0) is 12.7. The molecule has 16 heavy (non-hydrogen) atoms. The quantitative estimate of drug-likeness (QED) is 0.501. The molecule has 0 aliphatic heterocycles. The van der Waals surface area contributed by atoms with Crippen LogP contribution in [0.5, 0.6) is 0 Å². The molecule has 0 aliphatic rings.